The van der Waals surface area contributed by atoms with Crippen LogP contribution in [0.5, 0.6) is 0 Å². The molecule has 0 amide bonds. The van der Waals surface area contributed by atoms with Crippen LogP contribution in [-0.2, 0) is 10.3 Å². The summed E-state index contributed by atoms with van der Waals surface area (Å²) in [6.45, 7) is 3.24. The predicted octanol–water partition coefficient (Wildman–Crippen LogP) is 2.26. The van der Waals surface area contributed by atoms with Gasteiger partial charge in [-0.2, -0.15) is 0 Å². The standard InChI is InChI=1S/C11H12N2O2S2/c1-11(3-4-15-6-11)13-9(14)8-7(2-5-17-8)12-10(13)16/h2,5H,3-4,6H2,1H3,(H,12,16). The maximum atomic E-state index is 12.4. The van der Waals surface area contributed by atoms with Crippen LogP contribution < -0.4 is 5.56 Å². The van der Waals surface area contributed by atoms with Gasteiger partial charge in [0.15, 0.2) is 4.77 Å². The second-order valence-corrected chi connectivity index (χ2v) is 5.84. The summed E-state index contributed by atoms with van der Waals surface area (Å²) in [5.41, 5.74) is 0.499. The summed E-state index contributed by atoms with van der Waals surface area (Å²) in [5.74, 6) is 0. The van der Waals surface area contributed by atoms with Gasteiger partial charge in [-0.15, -0.1) is 11.3 Å². The molecule has 1 N–H and O–H groups in total. The van der Waals surface area contributed by atoms with Crippen molar-refractivity contribution in [2.75, 3.05) is 13.2 Å². The van der Waals surface area contributed by atoms with Crippen molar-refractivity contribution in [2.45, 2.75) is 18.9 Å². The normalized spacial score (nSPS) is 24.5. The van der Waals surface area contributed by atoms with E-state index in [0.717, 1.165) is 16.6 Å². The van der Waals surface area contributed by atoms with Gasteiger partial charge in [-0.25, -0.2) is 0 Å². The molecule has 2 aromatic rings. The molecule has 0 aromatic carbocycles. The van der Waals surface area contributed by atoms with Crippen molar-refractivity contribution >= 4 is 33.8 Å². The highest BCUT2D eigenvalue weighted by atomic mass is 32.1. The fourth-order valence-electron chi connectivity index (χ4n) is 2.26. The third-order valence-electron chi connectivity index (χ3n) is 3.25. The van der Waals surface area contributed by atoms with E-state index >= 15 is 0 Å². The topological polar surface area (TPSA) is 47.0 Å². The predicted molar refractivity (Wildman–Crippen MR) is 70.4 cm³/mol. The van der Waals surface area contributed by atoms with Crippen LogP contribution in [0.2, 0.25) is 0 Å². The zero-order chi connectivity index (χ0) is 12.0. The number of hydrogen-bond donors (Lipinski definition) is 1. The Hall–Kier alpha value is -0.980. The number of rotatable bonds is 1. The van der Waals surface area contributed by atoms with Crippen molar-refractivity contribution < 1.29 is 4.74 Å². The molecule has 0 radical (unpaired) electrons. The first-order chi connectivity index (χ1) is 8.12. The molecule has 0 aliphatic carbocycles. The molecule has 1 aliphatic heterocycles. The molecule has 0 spiro atoms. The quantitative estimate of drug-likeness (QED) is 0.807. The average Bonchev–Trinajstić information content (AvgIpc) is 2.87. The van der Waals surface area contributed by atoms with Gasteiger partial charge >= 0.3 is 0 Å². The lowest BCUT2D eigenvalue weighted by Gasteiger charge is -2.24. The molecule has 17 heavy (non-hydrogen) atoms. The van der Waals surface area contributed by atoms with E-state index in [4.69, 9.17) is 17.0 Å². The smallest absolute Gasteiger partial charge is 0.272 e. The lowest BCUT2D eigenvalue weighted by molar-refractivity contribution is 0.159. The summed E-state index contributed by atoms with van der Waals surface area (Å²) in [6.07, 6.45) is 0.821. The van der Waals surface area contributed by atoms with Crippen LogP contribution >= 0.6 is 23.6 Å². The largest absolute Gasteiger partial charge is 0.379 e. The van der Waals surface area contributed by atoms with E-state index in [1.807, 2.05) is 18.4 Å². The Bertz CT molecular complexity index is 677. The number of fused-ring (bicyclic) bond motifs is 1. The van der Waals surface area contributed by atoms with Gasteiger partial charge in [-0.1, -0.05) is 0 Å². The van der Waals surface area contributed by atoms with Gasteiger partial charge in [0.25, 0.3) is 5.56 Å². The fraction of sp³-hybridized carbons (Fsp3) is 0.455. The van der Waals surface area contributed by atoms with Crippen molar-refractivity contribution in [3.63, 3.8) is 0 Å². The van der Waals surface area contributed by atoms with E-state index in [0.29, 0.717) is 18.0 Å². The Morgan fingerprint density at radius 2 is 2.47 bits per heavy atom. The first-order valence-electron chi connectivity index (χ1n) is 5.43. The summed E-state index contributed by atoms with van der Waals surface area (Å²) in [5, 5.41) is 1.90. The first kappa shape index (κ1) is 11.1. The molecule has 4 nitrogen and oxygen atoms in total. The summed E-state index contributed by atoms with van der Waals surface area (Å²) in [7, 11) is 0. The molecule has 1 saturated heterocycles. The molecule has 0 saturated carbocycles. The minimum absolute atomic E-state index is 0.00764. The molecule has 0 bridgehead atoms. The summed E-state index contributed by atoms with van der Waals surface area (Å²) in [6, 6.07) is 1.88. The molecule has 3 rings (SSSR count). The van der Waals surface area contributed by atoms with Crippen LogP contribution in [-0.4, -0.2) is 22.8 Å². The highest BCUT2D eigenvalue weighted by molar-refractivity contribution is 7.71. The lowest BCUT2D eigenvalue weighted by atomic mass is 10.0. The number of nitrogens with one attached hydrogen (secondary N) is 1. The zero-order valence-corrected chi connectivity index (χ0v) is 11.0. The fourth-order valence-corrected chi connectivity index (χ4v) is 3.45. The molecule has 2 aromatic heterocycles. The van der Waals surface area contributed by atoms with E-state index < -0.39 is 0 Å². The molecule has 1 fully saturated rings. The second kappa shape index (κ2) is 3.76. The van der Waals surface area contributed by atoms with Gasteiger partial charge < -0.3 is 9.72 Å². The van der Waals surface area contributed by atoms with Crippen molar-refractivity contribution in [1.29, 1.82) is 0 Å². The van der Waals surface area contributed by atoms with Crippen molar-refractivity contribution in [3.05, 3.63) is 26.6 Å². The molecule has 1 unspecified atom stereocenters. The summed E-state index contributed by atoms with van der Waals surface area (Å²) in [4.78, 5) is 15.5. The molecular formula is C11H12N2O2S2. The van der Waals surface area contributed by atoms with E-state index in [9.17, 15) is 4.79 Å². The Balaban J connectivity index is 2.36. The van der Waals surface area contributed by atoms with Crippen LogP contribution in [0.1, 0.15) is 13.3 Å². The van der Waals surface area contributed by atoms with Gasteiger partial charge in [0, 0.05) is 6.61 Å². The first-order valence-corrected chi connectivity index (χ1v) is 6.71. The Morgan fingerprint density at radius 1 is 1.65 bits per heavy atom. The maximum Gasteiger partial charge on any atom is 0.272 e. The van der Waals surface area contributed by atoms with Crippen LogP contribution in [0.4, 0.5) is 0 Å². The Kier molecular flexibility index (Phi) is 2.46. The minimum atomic E-state index is -0.317. The summed E-state index contributed by atoms with van der Waals surface area (Å²) < 4.78 is 8.29. The number of aromatic amines is 1. The molecule has 3 heterocycles. The number of thiophene rings is 1. The number of aromatic nitrogens is 2. The van der Waals surface area contributed by atoms with E-state index in [1.165, 1.54) is 11.3 Å². The number of H-pyrrole nitrogens is 1. The Morgan fingerprint density at radius 3 is 3.18 bits per heavy atom. The monoisotopic (exact) mass is 268 g/mol. The van der Waals surface area contributed by atoms with Crippen molar-refractivity contribution in [2.24, 2.45) is 0 Å². The van der Waals surface area contributed by atoms with Gasteiger partial charge in [0.05, 0.1) is 17.7 Å². The summed E-state index contributed by atoms with van der Waals surface area (Å²) >= 11 is 6.74. The molecule has 6 heteroatoms. The number of ether oxygens (including phenoxy) is 1. The van der Waals surface area contributed by atoms with E-state index in [2.05, 4.69) is 4.98 Å². The third-order valence-corrected chi connectivity index (χ3v) is 4.43. The molecular weight excluding hydrogens is 256 g/mol. The minimum Gasteiger partial charge on any atom is -0.379 e. The van der Waals surface area contributed by atoms with Crippen LogP contribution in [0.3, 0.4) is 0 Å². The van der Waals surface area contributed by atoms with Crippen molar-refractivity contribution in [1.82, 2.24) is 9.55 Å². The van der Waals surface area contributed by atoms with E-state index in [-0.39, 0.29) is 11.1 Å². The van der Waals surface area contributed by atoms with Crippen LogP contribution in [0.25, 0.3) is 10.2 Å². The Labute approximate surface area is 107 Å². The molecule has 1 aliphatic rings. The maximum absolute atomic E-state index is 12.4. The van der Waals surface area contributed by atoms with Gasteiger partial charge in [0.2, 0.25) is 0 Å². The number of nitrogens with zero attached hydrogens (tertiary/aromatic N) is 1. The van der Waals surface area contributed by atoms with Gasteiger partial charge in [-0.3, -0.25) is 9.36 Å². The highest BCUT2D eigenvalue weighted by Gasteiger charge is 2.34. The average molecular weight is 268 g/mol. The highest BCUT2D eigenvalue weighted by Crippen LogP contribution is 2.26. The third kappa shape index (κ3) is 1.59. The molecule has 90 valence electrons. The van der Waals surface area contributed by atoms with Crippen LogP contribution in [0, 0.1) is 4.77 Å². The SMILES string of the molecule is CC1(n2c(=S)[nH]c3ccsc3c2=O)CCOC1. The lowest BCUT2D eigenvalue weighted by Crippen LogP contribution is -2.40. The van der Waals surface area contributed by atoms with Gasteiger partial charge in [0.1, 0.15) is 4.70 Å². The number of hydrogen-bond acceptors (Lipinski definition) is 4. The van der Waals surface area contributed by atoms with Gasteiger partial charge in [-0.05, 0) is 37.0 Å². The molecule has 1 atom stereocenters. The van der Waals surface area contributed by atoms with Crippen LogP contribution in [0.15, 0.2) is 16.2 Å². The second-order valence-electron chi connectivity index (χ2n) is 4.53. The van der Waals surface area contributed by atoms with Crippen molar-refractivity contribution in [3.8, 4) is 0 Å². The van der Waals surface area contributed by atoms with E-state index in [1.54, 1.807) is 4.57 Å². The zero-order valence-electron chi connectivity index (χ0n) is 9.36.